The van der Waals surface area contributed by atoms with Gasteiger partial charge in [0, 0.05) is 6.07 Å². The van der Waals surface area contributed by atoms with E-state index in [2.05, 4.69) is 6.07 Å². The third kappa shape index (κ3) is 2.13. The average Bonchev–Trinajstić information content (AvgIpc) is 2.26. The van der Waals surface area contributed by atoms with E-state index in [-0.39, 0.29) is 0 Å². The molecular formula is C11H7O5S. The van der Waals surface area contributed by atoms with Gasteiger partial charge in [-0.25, -0.2) is 4.79 Å². The maximum atomic E-state index is 11.1. The molecule has 1 radical (unpaired) electrons. The van der Waals surface area contributed by atoms with Crippen molar-refractivity contribution in [1.82, 2.24) is 0 Å². The highest BCUT2D eigenvalue weighted by atomic mass is 32.2. The number of aromatic carboxylic acids is 1. The van der Waals surface area contributed by atoms with E-state index >= 15 is 0 Å². The molecule has 0 aliphatic carbocycles. The molecule has 0 unspecified atom stereocenters. The van der Waals surface area contributed by atoms with Crippen LogP contribution in [0.1, 0.15) is 10.4 Å². The van der Waals surface area contributed by atoms with E-state index in [9.17, 15) is 13.2 Å². The molecule has 0 heterocycles. The van der Waals surface area contributed by atoms with E-state index < -0.39 is 26.5 Å². The smallest absolute Gasteiger partial charge is 0.337 e. The van der Waals surface area contributed by atoms with Crippen molar-refractivity contribution < 1.29 is 22.9 Å². The first kappa shape index (κ1) is 11.6. The van der Waals surface area contributed by atoms with Crippen molar-refractivity contribution in [2.24, 2.45) is 0 Å². The Balaban J connectivity index is 2.90. The molecule has 6 heteroatoms. The molecule has 0 spiro atoms. The zero-order valence-corrected chi connectivity index (χ0v) is 9.23. The number of benzene rings is 2. The number of rotatable bonds is 2. The summed E-state index contributed by atoms with van der Waals surface area (Å²) in [5.74, 6) is -1.43. The van der Waals surface area contributed by atoms with E-state index in [0.717, 1.165) is 0 Å². The number of hydrogen-bond acceptors (Lipinski definition) is 3. The van der Waals surface area contributed by atoms with Gasteiger partial charge in [-0.2, -0.15) is 8.42 Å². The molecule has 2 N–H and O–H groups in total. The summed E-state index contributed by atoms with van der Waals surface area (Å²) in [5, 5.41) is 9.85. The zero-order valence-electron chi connectivity index (χ0n) is 8.41. The van der Waals surface area contributed by atoms with Gasteiger partial charge in [-0.3, -0.25) is 4.55 Å². The molecule has 5 nitrogen and oxygen atoms in total. The van der Waals surface area contributed by atoms with Gasteiger partial charge in [0.05, 0.1) is 5.56 Å². The summed E-state index contributed by atoms with van der Waals surface area (Å²) < 4.78 is 31.1. The number of fused-ring (bicyclic) bond motifs is 1. The predicted octanol–water partition coefficient (Wildman–Crippen LogP) is 1.58. The highest BCUT2D eigenvalue weighted by Gasteiger charge is 2.21. The van der Waals surface area contributed by atoms with Crippen molar-refractivity contribution in [3.8, 4) is 0 Å². The summed E-state index contributed by atoms with van der Waals surface area (Å²) >= 11 is 0. The average molecular weight is 251 g/mol. The maximum Gasteiger partial charge on any atom is 0.337 e. The van der Waals surface area contributed by atoms with Crippen LogP contribution in [0.4, 0.5) is 0 Å². The summed E-state index contributed by atoms with van der Waals surface area (Å²) in [4.78, 5) is 10.2. The fourth-order valence-corrected chi connectivity index (χ4v) is 2.17. The Kier molecular flexibility index (Phi) is 2.60. The zero-order chi connectivity index (χ0) is 12.6. The lowest BCUT2D eigenvalue weighted by molar-refractivity contribution is 0.0692. The summed E-state index contributed by atoms with van der Waals surface area (Å²) in [6.45, 7) is 0. The van der Waals surface area contributed by atoms with Gasteiger partial charge >= 0.3 is 5.97 Å². The van der Waals surface area contributed by atoms with Crippen LogP contribution >= 0.6 is 0 Å². The Morgan fingerprint density at radius 3 is 2.47 bits per heavy atom. The summed E-state index contributed by atoms with van der Waals surface area (Å²) in [5.41, 5.74) is -0.494. The van der Waals surface area contributed by atoms with E-state index in [1.165, 1.54) is 6.07 Å². The summed E-state index contributed by atoms with van der Waals surface area (Å²) in [6.07, 6.45) is 0. The lowest BCUT2D eigenvalue weighted by Gasteiger charge is -2.05. The van der Waals surface area contributed by atoms with Crippen LogP contribution in [-0.4, -0.2) is 24.0 Å². The van der Waals surface area contributed by atoms with Crippen LogP contribution in [0.2, 0.25) is 0 Å². The number of hydrogen-bond donors (Lipinski definition) is 2. The molecule has 2 aromatic carbocycles. The van der Waals surface area contributed by atoms with Crippen molar-refractivity contribution in [1.29, 1.82) is 0 Å². The van der Waals surface area contributed by atoms with Crippen LogP contribution < -0.4 is 0 Å². The largest absolute Gasteiger partial charge is 0.478 e. The van der Waals surface area contributed by atoms with E-state index in [1.807, 2.05) is 0 Å². The molecular weight excluding hydrogens is 244 g/mol. The topological polar surface area (TPSA) is 91.7 Å². The van der Waals surface area contributed by atoms with Gasteiger partial charge in [-0.05, 0) is 16.8 Å². The van der Waals surface area contributed by atoms with Crippen LogP contribution in [0, 0.1) is 6.07 Å². The number of carboxylic acids is 1. The Bertz CT molecular complexity index is 703. The van der Waals surface area contributed by atoms with Gasteiger partial charge in [-0.15, -0.1) is 0 Å². The molecule has 0 aromatic heterocycles. The Morgan fingerprint density at radius 1 is 1.24 bits per heavy atom. The minimum atomic E-state index is -4.61. The summed E-state index contributed by atoms with van der Waals surface area (Å²) in [6, 6.07) is 10.1. The van der Waals surface area contributed by atoms with Gasteiger partial charge in [0.1, 0.15) is 4.90 Å². The highest BCUT2D eigenvalue weighted by Crippen LogP contribution is 2.22. The minimum Gasteiger partial charge on any atom is -0.478 e. The second-order valence-electron chi connectivity index (χ2n) is 3.38. The standard InChI is InChI=1S/C11H7O5S/c12-11(13)9-5-7-3-1-2-4-8(7)6-10(9)17(14,15)16/h1-5H,(H,12,13)(H,14,15,16). The van der Waals surface area contributed by atoms with Gasteiger partial charge in [0.2, 0.25) is 0 Å². The highest BCUT2D eigenvalue weighted by molar-refractivity contribution is 7.86. The number of carbonyl (C=O) groups is 1. The fourth-order valence-electron chi connectivity index (χ4n) is 1.51. The van der Waals surface area contributed by atoms with E-state index in [0.29, 0.717) is 10.8 Å². The van der Waals surface area contributed by atoms with Crippen LogP contribution in [-0.2, 0) is 10.1 Å². The molecule has 0 saturated heterocycles. The third-order valence-electron chi connectivity index (χ3n) is 2.24. The van der Waals surface area contributed by atoms with Crippen molar-refractivity contribution in [3.05, 3.63) is 42.0 Å². The van der Waals surface area contributed by atoms with Gasteiger partial charge in [0.15, 0.2) is 0 Å². The first-order valence-corrected chi connectivity index (χ1v) is 5.99. The minimum absolute atomic E-state index is 0.421. The van der Waals surface area contributed by atoms with E-state index in [1.54, 1.807) is 24.3 Å². The molecule has 0 amide bonds. The van der Waals surface area contributed by atoms with Crippen LogP contribution in [0.15, 0.2) is 35.2 Å². The van der Waals surface area contributed by atoms with Gasteiger partial charge in [0.25, 0.3) is 10.1 Å². The second kappa shape index (κ2) is 3.83. The first-order chi connectivity index (χ1) is 7.89. The molecule has 0 atom stereocenters. The van der Waals surface area contributed by atoms with Crippen LogP contribution in [0.5, 0.6) is 0 Å². The Morgan fingerprint density at radius 2 is 1.88 bits per heavy atom. The molecule has 17 heavy (non-hydrogen) atoms. The first-order valence-electron chi connectivity index (χ1n) is 4.55. The lowest BCUT2D eigenvalue weighted by atomic mass is 10.1. The van der Waals surface area contributed by atoms with Crippen LogP contribution in [0.3, 0.4) is 0 Å². The Labute approximate surface area is 97.1 Å². The van der Waals surface area contributed by atoms with Crippen LogP contribution in [0.25, 0.3) is 10.8 Å². The lowest BCUT2D eigenvalue weighted by Crippen LogP contribution is -2.08. The molecule has 0 aliphatic heterocycles. The van der Waals surface area contributed by atoms with Crippen molar-refractivity contribution >= 4 is 26.9 Å². The molecule has 0 fully saturated rings. The number of carboxylic acid groups (broad SMARTS) is 1. The fraction of sp³-hybridized carbons (Fsp3) is 0. The monoisotopic (exact) mass is 251 g/mol. The molecule has 2 rings (SSSR count). The normalized spacial score (nSPS) is 11.6. The molecule has 0 bridgehead atoms. The van der Waals surface area contributed by atoms with E-state index in [4.69, 9.17) is 9.66 Å². The summed E-state index contributed by atoms with van der Waals surface area (Å²) in [7, 11) is -4.61. The Hall–Kier alpha value is -1.92. The molecule has 0 saturated carbocycles. The van der Waals surface area contributed by atoms with Crippen molar-refractivity contribution in [2.75, 3.05) is 0 Å². The van der Waals surface area contributed by atoms with Gasteiger partial charge < -0.3 is 5.11 Å². The van der Waals surface area contributed by atoms with Gasteiger partial charge in [-0.1, -0.05) is 24.3 Å². The molecule has 2 aromatic rings. The SMILES string of the molecule is O=C(O)c1cc2ccccc2[c]c1S(=O)(=O)O. The predicted molar refractivity (Wildman–Crippen MR) is 59.6 cm³/mol. The molecule has 0 aliphatic rings. The third-order valence-corrected chi connectivity index (χ3v) is 3.08. The van der Waals surface area contributed by atoms with Crippen molar-refractivity contribution in [3.63, 3.8) is 0 Å². The quantitative estimate of drug-likeness (QED) is 0.791. The second-order valence-corrected chi connectivity index (χ2v) is 4.74. The maximum absolute atomic E-state index is 11.1. The van der Waals surface area contributed by atoms with Crippen molar-refractivity contribution in [2.45, 2.75) is 4.90 Å². The molecule has 87 valence electrons.